The molecule has 22 heavy (non-hydrogen) atoms. The second-order valence-electron chi connectivity index (χ2n) is 5.43. The Bertz CT molecular complexity index is 761. The molecule has 1 aliphatic rings. The first-order chi connectivity index (χ1) is 10.6. The Hall–Kier alpha value is -2.20. The highest BCUT2D eigenvalue weighted by molar-refractivity contribution is 7.15. The third kappa shape index (κ3) is 3.17. The van der Waals surface area contributed by atoms with E-state index in [-0.39, 0.29) is 11.6 Å². The summed E-state index contributed by atoms with van der Waals surface area (Å²) in [5.74, 6) is 2.60. The predicted octanol–water partition coefficient (Wildman–Crippen LogP) is 2.33. The lowest BCUT2D eigenvalue weighted by Crippen LogP contribution is -2.29. The Morgan fingerprint density at radius 1 is 1.50 bits per heavy atom. The number of carbonyl (C=O) groups is 1. The van der Waals surface area contributed by atoms with E-state index in [1.807, 2.05) is 22.9 Å². The molecular formula is C15H17N5OS. The third-order valence-corrected chi connectivity index (χ3v) is 4.53. The lowest BCUT2D eigenvalue weighted by Gasteiger charge is -2.09. The van der Waals surface area contributed by atoms with Gasteiger partial charge in [0.25, 0.3) is 0 Å². The second kappa shape index (κ2) is 5.89. The Morgan fingerprint density at radius 2 is 2.32 bits per heavy atom. The number of aryl methyl sites for hydroxylation is 1. The molecule has 114 valence electrons. The minimum atomic E-state index is -0.337. The fourth-order valence-electron chi connectivity index (χ4n) is 2.37. The maximum atomic E-state index is 12.0. The highest BCUT2D eigenvalue weighted by Gasteiger charge is 2.38. The number of nitrogens with zero attached hydrogens (tertiary/aromatic N) is 4. The highest BCUT2D eigenvalue weighted by Crippen LogP contribution is 2.35. The molecule has 7 heteroatoms. The van der Waals surface area contributed by atoms with Crippen molar-refractivity contribution in [1.29, 1.82) is 0 Å². The van der Waals surface area contributed by atoms with E-state index in [2.05, 4.69) is 26.4 Å². The molecule has 2 aromatic heterocycles. The molecule has 0 aromatic carbocycles. The zero-order valence-corrected chi connectivity index (χ0v) is 13.2. The van der Waals surface area contributed by atoms with Crippen LogP contribution < -0.4 is 5.32 Å². The van der Waals surface area contributed by atoms with E-state index in [1.54, 1.807) is 11.3 Å². The van der Waals surface area contributed by atoms with E-state index < -0.39 is 0 Å². The number of hydrogen-bond donors (Lipinski definition) is 1. The molecule has 0 saturated carbocycles. The molecule has 0 spiro atoms. The van der Waals surface area contributed by atoms with Gasteiger partial charge < -0.3 is 5.32 Å². The standard InChI is InChI=1S/C15H17N5OS/c1-3-4-5-15(18-19-15)6-7-16-13(21)8-12-10-22-14-17-11(2)9-20(12)14/h1,9-10H,4-8H2,2H3,(H,16,21). The van der Waals surface area contributed by atoms with Gasteiger partial charge in [-0.15, -0.1) is 23.7 Å². The number of aromatic nitrogens is 2. The largest absolute Gasteiger partial charge is 0.356 e. The first kappa shape index (κ1) is 14.7. The molecule has 0 atom stereocenters. The van der Waals surface area contributed by atoms with Crippen LogP contribution in [-0.4, -0.2) is 27.5 Å². The third-order valence-electron chi connectivity index (χ3n) is 3.65. The molecule has 0 unspecified atom stereocenters. The van der Waals surface area contributed by atoms with Gasteiger partial charge in [0, 0.05) is 43.1 Å². The number of fused-ring (bicyclic) bond motifs is 1. The van der Waals surface area contributed by atoms with Gasteiger partial charge in [-0.05, 0) is 6.92 Å². The van der Waals surface area contributed by atoms with Crippen LogP contribution in [0.15, 0.2) is 21.8 Å². The van der Waals surface area contributed by atoms with E-state index in [9.17, 15) is 4.79 Å². The van der Waals surface area contributed by atoms with Gasteiger partial charge >= 0.3 is 0 Å². The van der Waals surface area contributed by atoms with Crippen molar-refractivity contribution in [2.45, 2.75) is 38.3 Å². The first-order valence-electron chi connectivity index (χ1n) is 7.18. The summed E-state index contributed by atoms with van der Waals surface area (Å²) in [6, 6.07) is 0. The summed E-state index contributed by atoms with van der Waals surface area (Å²) in [7, 11) is 0. The van der Waals surface area contributed by atoms with Crippen LogP contribution in [0.4, 0.5) is 0 Å². The molecule has 1 aliphatic heterocycles. The summed E-state index contributed by atoms with van der Waals surface area (Å²) in [6.45, 7) is 2.51. The second-order valence-corrected chi connectivity index (χ2v) is 6.26. The number of thiazole rings is 1. The van der Waals surface area contributed by atoms with Crippen LogP contribution in [0.2, 0.25) is 0 Å². The van der Waals surface area contributed by atoms with Crippen molar-refractivity contribution in [2.75, 3.05) is 6.54 Å². The maximum Gasteiger partial charge on any atom is 0.225 e. The minimum absolute atomic E-state index is 0.00111. The normalized spacial score (nSPS) is 14.9. The van der Waals surface area contributed by atoms with Gasteiger partial charge in [0.2, 0.25) is 5.91 Å². The first-order valence-corrected chi connectivity index (χ1v) is 8.06. The molecule has 1 N–H and O–H groups in total. The SMILES string of the molecule is C#CCCC1(CCNC(=O)Cc2csc3nc(C)cn23)N=N1. The zero-order valence-electron chi connectivity index (χ0n) is 12.4. The van der Waals surface area contributed by atoms with Crippen LogP contribution in [-0.2, 0) is 11.2 Å². The van der Waals surface area contributed by atoms with Crippen molar-refractivity contribution in [2.24, 2.45) is 10.2 Å². The molecular weight excluding hydrogens is 298 g/mol. The van der Waals surface area contributed by atoms with Gasteiger partial charge in [0.1, 0.15) is 0 Å². The summed E-state index contributed by atoms with van der Waals surface area (Å²) < 4.78 is 1.97. The summed E-state index contributed by atoms with van der Waals surface area (Å²) in [5.41, 5.74) is 1.58. The molecule has 0 aliphatic carbocycles. The van der Waals surface area contributed by atoms with E-state index in [0.29, 0.717) is 25.8 Å². The van der Waals surface area contributed by atoms with Crippen molar-refractivity contribution >= 4 is 22.2 Å². The van der Waals surface area contributed by atoms with Crippen LogP contribution in [0.3, 0.4) is 0 Å². The topological polar surface area (TPSA) is 71.1 Å². The highest BCUT2D eigenvalue weighted by atomic mass is 32.1. The van der Waals surface area contributed by atoms with Gasteiger partial charge in [-0.2, -0.15) is 10.2 Å². The maximum absolute atomic E-state index is 12.0. The van der Waals surface area contributed by atoms with Gasteiger partial charge in [0.05, 0.1) is 12.1 Å². The predicted molar refractivity (Wildman–Crippen MR) is 84.8 cm³/mol. The Kier molecular flexibility index (Phi) is 3.94. The molecule has 3 heterocycles. The number of rotatable bonds is 7. The number of imidazole rings is 1. The van der Waals surface area contributed by atoms with Gasteiger partial charge in [0.15, 0.2) is 10.6 Å². The molecule has 0 radical (unpaired) electrons. The summed E-state index contributed by atoms with van der Waals surface area (Å²) in [6.07, 6.45) is 9.69. The number of terminal acetylenes is 1. The Labute approximate surface area is 132 Å². The average molecular weight is 315 g/mol. The van der Waals surface area contributed by atoms with Crippen LogP contribution in [0.25, 0.3) is 4.96 Å². The van der Waals surface area contributed by atoms with E-state index in [0.717, 1.165) is 22.8 Å². The van der Waals surface area contributed by atoms with Crippen LogP contribution in [0, 0.1) is 19.3 Å². The summed E-state index contributed by atoms with van der Waals surface area (Å²) in [4.78, 5) is 17.3. The molecule has 2 aromatic rings. The van der Waals surface area contributed by atoms with Crippen LogP contribution >= 0.6 is 11.3 Å². The van der Waals surface area contributed by atoms with Crippen molar-refractivity contribution in [1.82, 2.24) is 14.7 Å². The van der Waals surface area contributed by atoms with E-state index in [1.165, 1.54) is 0 Å². The van der Waals surface area contributed by atoms with Crippen molar-refractivity contribution < 1.29 is 4.79 Å². The Balaban J connectivity index is 1.48. The molecule has 6 nitrogen and oxygen atoms in total. The molecule has 0 saturated heterocycles. The lowest BCUT2D eigenvalue weighted by atomic mass is 10.0. The smallest absolute Gasteiger partial charge is 0.225 e. The fourth-order valence-corrected chi connectivity index (χ4v) is 3.28. The van der Waals surface area contributed by atoms with Crippen LogP contribution in [0.1, 0.15) is 30.7 Å². The molecule has 0 bridgehead atoms. The number of nitrogens with one attached hydrogen (secondary N) is 1. The molecule has 0 fully saturated rings. The van der Waals surface area contributed by atoms with Crippen molar-refractivity contribution in [3.05, 3.63) is 23.0 Å². The van der Waals surface area contributed by atoms with Gasteiger partial charge in [-0.25, -0.2) is 4.98 Å². The van der Waals surface area contributed by atoms with Crippen LogP contribution in [0.5, 0.6) is 0 Å². The van der Waals surface area contributed by atoms with Crippen molar-refractivity contribution in [3.8, 4) is 12.3 Å². The Morgan fingerprint density at radius 3 is 3.05 bits per heavy atom. The van der Waals surface area contributed by atoms with Crippen molar-refractivity contribution in [3.63, 3.8) is 0 Å². The van der Waals surface area contributed by atoms with E-state index >= 15 is 0 Å². The number of amides is 1. The average Bonchev–Trinajstić information content (AvgIpc) is 3.02. The summed E-state index contributed by atoms with van der Waals surface area (Å²) in [5, 5.41) is 13.0. The van der Waals surface area contributed by atoms with E-state index in [4.69, 9.17) is 6.42 Å². The number of hydrogen-bond acceptors (Lipinski definition) is 5. The quantitative estimate of drug-likeness (QED) is 0.797. The monoisotopic (exact) mass is 315 g/mol. The molecule has 3 rings (SSSR count). The van der Waals surface area contributed by atoms with Gasteiger partial charge in [-0.3, -0.25) is 9.20 Å². The lowest BCUT2D eigenvalue weighted by molar-refractivity contribution is -0.120. The minimum Gasteiger partial charge on any atom is -0.356 e. The zero-order chi connectivity index (χ0) is 15.6. The fraction of sp³-hybridized carbons (Fsp3) is 0.467. The number of carbonyl (C=O) groups excluding carboxylic acids is 1. The van der Waals surface area contributed by atoms with Gasteiger partial charge in [-0.1, -0.05) is 0 Å². The molecule has 1 amide bonds. The summed E-state index contributed by atoms with van der Waals surface area (Å²) >= 11 is 1.55.